The summed E-state index contributed by atoms with van der Waals surface area (Å²) >= 11 is 1.61. The number of carbonyl (C=O) groups excluding carboxylic acids is 2. The topological polar surface area (TPSA) is 62.3 Å². The number of fused-ring (bicyclic) bond motifs is 1. The highest BCUT2D eigenvalue weighted by atomic mass is 32.1. The molecule has 26 heavy (non-hydrogen) atoms. The highest BCUT2D eigenvalue weighted by Crippen LogP contribution is 2.29. The second-order valence-electron chi connectivity index (χ2n) is 6.95. The molecule has 1 N–H and O–H groups in total. The van der Waals surface area contributed by atoms with Crippen LogP contribution in [0, 0.1) is 0 Å². The van der Waals surface area contributed by atoms with Crippen molar-refractivity contribution in [2.75, 3.05) is 16.8 Å². The van der Waals surface area contributed by atoms with Gasteiger partial charge in [-0.3, -0.25) is 14.9 Å². The summed E-state index contributed by atoms with van der Waals surface area (Å²) in [4.78, 5) is 32.1. The highest BCUT2D eigenvalue weighted by molar-refractivity contribution is 7.15. The Balaban J connectivity index is 1.44. The van der Waals surface area contributed by atoms with Crippen molar-refractivity contribution in [1.29, 1.82) is 0 Å². The lowest BCUT2D eigenvalue weighted by atomic mass is 10.0. The Hall–Kier alpha value is -2.21. The van der Waals surface area contributed by atoms with E-state index in [1.807, 2.05) is 12.1 Å². The van der Waals surface area contributed by atoms with Crippen LogP contribution < -0.4 is 10.2 Å². The fourth-order valence-corrected chi connectivity index (χ4v) is 4.69. The zero-order valence-corrected chi connectivity index (χ0v) is 15.6. The van der Waals surface area contributed by atoms with Gasteiger partial charge in [0.2, 0.25) is 5.91 Å². The molecule has 0 saturated carbocycles. The number of carbonyl (C=O) groups is 2. The number of rotatable bonds is 3. The van der Waals surface area contributed by atoms with Crippen LogP contribution in [-0.2, 0) is 17.6 Å². The van der Waals surface area contributed by atoms with Crippen LogP contribution in [0.5, 0.6) is 0 Å². The number of hydrogen-bond acceptors (Lipinski definition) is 4. The smallest absolute Gasteiger partial charge is 0.257 e. The molecule has 136 valence electrons. The first-order valence-corrected chi connectivity index (χ1v) is 10.2. The molecule has 1 aliphatic carbocycles. The number of amides is 2. The van der Waals surface area contributed by atoms with Gasteiger partial charge in [-0.05, 0) is 56.4 Å². The Labute approximate surface area is 157 Å². The third-order valence-electron chi connectivity index (χ3n) is 5.08. The van der Waals surface area contributed by atoms with Gasteiger partial charge < -0.3 is 4.90 Å². The molecule has 0 radical (unpaired) electrons. The summed E-state index contributed by atoms with van der Waals surface area (Å²) in [5.41, 5.74) is 2.61. The Morgan fingerprint density at radius 1 is 1.00 bits per heavy atom. The van der Waals surface area contributed by atoms with Gasteiger partial charge >= 0.3 is 0 Å². The van der Waals surface area contributed by atoms with Gasteiger partial charge in [0.1, 0.15) is 0 Å². The third kappa shape index (κ3) is 3.65. The summed E-state index contributed by atoms with van der Waals surface area (Å²) in [6.45, 7) is 0.759. The molecule has 2 heterocycles. The van der Waals surface area contributed by atoms with Gasteiger partial charge in [0.05, 0.1) is 5.69 Å². The molecule has 4 rings (SSSR count). The molecule has 1 aromatic heterocycles. The van der Waals surface area contributed by atoms with Crippen molar-refractivity contribution >= 4 is 34.0 Å². The molecule has 6 heteroatoms. The quantitative estimate of drug-likeness (QED) is 0.883. The molecule has 1 aromatic carbocycles. The molecule has 2 aliphatic rings. The van der Waals surface area contributed by atoms with Crippen LogP contribution in [0.3, 0.4) is 0 Å². The van der Waals surface area contributed by atoms with Crippen LogP contribution in [0.4, 0.5) is 10.8 Å². The summed E-state index contributed by atoms with van der Waals surface area (Å²) < 4.78 is 0. The first kappa shape index (κ1) is 17.2. The summed E-state index contributed by atoms with van der Waals surface area (Å²) in [5.74, 6) is 0.00780. The van der Waals surface area contributed by atoms with Crippen LogP contribution in [-0.4, -0.2) is 23.3 Å². The zero-order valence-electron chi connectivity index (χ0n) is 14.8. The monoisotopic (exact) mass is 369 g/mol. The average Bonchev–Trinajstić information content (AvgIpc) is 3.21. The van der Waals surface area contributed by atoms with E-state index in [1.165, 1.54) is 30.6 Å². The van der Waals surface area contributed by atoms with Crippen molar-refractivity contribution in [2.45, 2.75) is 51.4 Å². The normalized spacial score (nSPS) is 17.5. The Kier molecular flexibility index (Phi) is 5.02. The predicted octanol–water partition coefficient (Wildman–Crippen LogP) is 4.18. The SMILES string of the molecule is O=C(Nc1nc2c(s1)CCCCCC2)c1ccc(N2CCCC2=O)cc1. The van der Waals surface area contributed by atoms with Crippen LogP contribution in [0.15, 0.2) is 24.3 Å². The largest absolute Gasteiger partial charge is 0.312 e. The van der Waals surface area contributed by atoms with Crippen molar-refractivity contribution < 1.29 is 9.59 Å². The lowest BCUT2D eigenvalue weighted by Gasteiger charge is -2.15. The number of nitrogens with one attached hydrogen (secondary N) is 1. The van der Waals surface area contributed by atoms with E-state index in [1.54, 1.807) is 28.4 Å². The lowest BCUT2D eigenvalue weighted by molar-refractivity contribution is -0.117. The maximum Gasteiger partial charge on any atom is 0.257 e. The second-order valence-corrected chi connectivity index (χ2v) is 8.04. The van der Waals surface area contributed by atoms with Crippen molar-refractivity contribution in [3.8, 4) is 0 Å². The number of aryl methyl sites for hydroxylation is 2. The third-order valence-corrected chi connectivity index (χ3v) is 6.15. The van der Waals surface area contributed by atoms with E-state index in [4.69, 9.17) is 0 Å². The fourth-order valence-electron chi connectivity index (χ4n) is 3.64. The van der Waals surface area contributed by atoms with E-state index < -0.39 is 0 Å². The van der Waals surface area contributed by atoms with Crippen LogP contribution in [0.1, 0.15) is 59.5 Å². The van der Waals surface area contributed by atoms with E-state index in [0.717, 1.165) is 37.2 Å². The van der Waals surface area contributed by atoms with Crippen LogP contribution in [0.25, 0.3) is 0 Å². The van der Waals surface area contributed by atoms with Crippen molar-refractivity contribution in [3.63, 3.8) is 0 Å². The predicted molar refractivity (Wildman–Crippen MR) is 104 cm³/mol. The van der Waals surface area contributed by atoms with Crippen molar-refractivity contribution in [2.24, 2.45) is 0 Å². The lowest BCUT2D eigenvalue weighted by Crippen LogP contribution is -2.23. The molecule has 1 fully saturated rings. The minimum Gasteiger partial charge on any atom is -0.312 e. The number of anilines is 2. The van der Waals surface area contributed by atoms with Crippen LogP contribution in [0.2, 0.25) is 0 Å². The molecule has 1 saturated heterocycles. The maximum atomic E-state index is 12.5. The van der Waals surface area contributed by atoms with E-state index in [2.05, 4.69) is 10.3 Å². The molecule has 0 bridgehead atoms. The number of thiazole rings is 1. The highest BCUT2D eigenvalue weighted by Gasteiger charge is 2.22. The first-order valence-electron chi connectivity index (χ1n) is 9.41. The Morgan fingerprint density at radius 3 is 2.50 bits per heavy atom. The number of hydrogen-bond donors (Lipinski definition) is 1. The van der Waals surface area contributed by atoms with Gasteiger partial charge in [-0.25, -0.2) is 4.98 Å². The van der Waals surface area contributed by atoms with Crippen molar-refractivity contribution in [3.05, 3.63) is 40.4 Å². The zero-order chi connectivity index (χ0) is 17.9. The first-order chi connectivity index (χ1) is 12.7. The van der Waals surface area contributed by atoms with Gasteiger partial charge in [-0.1, -0.05) is 12.8 Å². The Morgan fingerprint density at radius 2 is 1.77 bits per heavy atom. The number of benzene rings is 1. The molecule has 1 aliphatic heterocycles. The summed E-state index contributed by atoms with van der Waals surface area (Å²) in [5, 5.41) is 3.64. The van der Waals surface area contributed by atoms with E-state index in [9.17, 15) is 9.59 Å². The minimum atomic E-state index is -0.147. The molecular formula is C20H23N3O2S. The molecule has 0 atom stereocenters. The second kappa shape index (κ2) is 7.58. The van der Waals surface area contributed by atoms with Gasteiger partial charge in [0, 0.05) is 29.1 Å². The molecule has 2 amide bonds. The number of aromatic nitrogens is 1. The van der Waals surface area contributed by atoms with Gasteiger partial charge in [0.15, 0.2) is 5.13 Å². The standard InChI is InChI=1S/C20H23N3O2S/c24-18-8-5-13-23(18)15-11-9-14(10-12-15)19(25)22-20-21-16-6-3-1-2-4-7-17(16)26-20/h9-12H,1-8,13H2,(H,21,22,25). The molecular weight excluding hydrogens is 346 g/mol. The minimum absolute atomic E-state index is 0.147. The molecule has 0 spiro atoms. The van der Waals surface area contributed by atoms with Gasteiger partial charge in [0.25, 0.3) is 5.91 Å². The summed E-state index contributed by atoms with van der Waals surface area (Å²) in [7, 11) is 0. The van der Waals surface area contributed by atoms with Crippen LogP contribution >= 0.6 is 11.3 Å². The summed E-state index contributed by atoms with van der Waals surface area (Å²) in [6, 6.07) is 7.25. The Bertz CT molecular complexity index is 787. The van der Waals surface area contributed by atoms with E-state index in [0.29, 0.717) is 17.1 Å². The number of nitrogens with zero attached hydrogens (tertiary/aromatic N) is 2. The van der Waals surface area contributed by atoms with E-state index >= 15 is 0 Å². The molecule has 0 unspecified atom stereocenters. The van der Waals surface area contributed by atoms with Gasteiger partial charge in [-0.15, -0.1) is 11.3 Å². The maximum absolute atomic E-state index is 12.5. The van der Waals surface area contributed by atoms with E-state index in [-0.39, 0.29) is 11.8 Å². The van der Waals surface area contributed by atoms with Gasteiger partial charge in [-0.2, -0.15) is 0 Å². The molecule has 5 nitrogen and oxygen atoms in total. The molecule has 2 aromatic rings. The summed E-state index contributed by atoms with van der Waals surface area (Å²) in [6.07, 6.45) is 8.53. The fraction of sp³-hybridized carbons (Fsp3) is 0.450. The average molecular weight is 369 g/mol. The van der Waals surface area contributed by atoms with Crippen molar-refractivity contribution in [1.82, 2.24) is 4.98 Å².